The van der Waals surface area contributed by atoms with Crippen LogP contribution in [0.25, 0.3) is 0 Å². The van der Waals surface area contributed by atoms with Gasteiger partial charge in [-0.3, -0.25) is 0 Å². The molecule has 2 rings (SSSR count). The van der Waals surface area contributed by atoms with Crippen LogP contribution < -0.4 is 5.32 Å². The Hall–Kier alpha value is -0.290. The second-order valence-corrected chi connectivity index (χ2v) is 6.18. The molecular weight excluding hydrogens is 298 g/mol. The predicted octanol–water partition coefficient (Wildman–Crippen LogP) is 3.80. The number of hydrogen-bond acceptors (Lipinski definition) is 4. The molecular formula is C12H18BrN3S. The van der Waals surface area contributed by atoms with E-state index < -0.39 is 0 Å². The number of rotatable bonds is 4. The van der Waals surface area contributed by atoms with E-state index in [-0.39, 0.29) is 0 Å². The predicted molar refractivity (Wildman–Crippen MR) is 77.7 cm³/mol. The van der Waals surface area contributed by atoms with Crippen molar-refractivity contribution < 1.29 is 0 Å². The van der Waals surface area contributed by atoms with Gasteiger partial charge in [0.2, 0.25) is 0 Å². The molecule has 1 aliphatic rings. The monoisotopic (exact) mass is 315 g/mol. The maximum Gasteiger partial charge on any atom is 0.144 e. The van der Waals surface area contributed by atoms with Gasteiger partial charge in [0.05, 0.1) is 15.4 Å². The highest BCUT2D eigenvalue weighted by Gasteiger charge is 2.22. The average molecular weight is 316 g/mol. The first-order valence-corrected chi connectivity index (χ1v) is 8.02. The summed E-state index contributed by atoms with van der Waals surface area (Å²) < 4.78 is 1.02. The highest BCUT2D eigenvalue weighted by molar-refractivity contribution is 9.10. The fourth-order valence-electron chi connectivity index (χ4n) is 1.96. The zero-order chi connectivity index (χ0) is 12.3. The Balaban J connectivity index is 2.35. The number of aryl methyl sites for hydroxylation is 1. The lowest BCUT2D eigenvalue weighted by atomic mass is 10.2. The third-order valence-electron chi connectivity index (χ3n) is 2.83. The molecule has 17 heavy (non-hydrogen) atoms. The van der Waals surface area contributed by atoms with Crippen molar-refractivity contribution in [3.63, 3.8) is 0 Å². The summed E-state index contributed by atoms with van der Waals surface area (Å²) in [5.74, 6) is 3.19. The highest BCUT2D eigenvalue weighted by Crippen LogP contribution is 2.39. The quantitative estimate of drug-likeness (QED) is 0.917. The topological polar surface area (TPSA) is 37.8 Å². The second-order valence-electron chi connectivity index (χ2n) is 4.08. The molecule has 0 aliphatic carbocycles. The molecule has 0 amide bonds. The Morgan fingerprint density at radius 2 is 2.24 bits per heavy atom. The molecule has 0 saturated carbocycles. The number of aromatic nitrogens is 2. The van der Waals surface area contributed by atoms with Crippen LogP contribution in [0.3, 0.4) is 0 Å². The summed E-state index contributed by atoms with van der Waals surface area (Å²) in [6, 6.07) is 0. The summed E-state index contributed by atoms with van der Waals surface area (Å²) in [7, 11) is 0. The Kier molecular flexibility index (Phi) is 4.68. The van der Waals surface area contributed by atoms with Gasteiger partial charge in [0.1, 0.15) is 11.6 Å². The van der Waals surface area contributed by atoms with Crippen molar-refractivity contribution in [1.29, 1.82) is 0 Å². The molecule has 1 fully saturated rings. The molecule has 0 aromatic carbocycles. The largest absolute Gasteiger partial charge is 0.369 e. The smallest absolute Gasteiger partial charge is 0.144 e. The van der Waals surface area contributed by atoms with E-state index in [0.717, 1.165) is 34.8 Å². The third kappa shape index (κ3) is 2.94. The molecule has 0 spiro atoms. The first-order chi connectivity index (χ1) is 8.26. The average Bonchev–Trinajstić information content (AvgIpc) is 2.85. The molecule has 3 nitrogen and oxygen atoms in total. The number of thioether (sulfide) groups is 1. The van der Waals surface area contributed by atoms with E-state index in [1.807, 2.05) is 11.8 Å². The summed E-state index contributed by atoms with van der Waals surface area (Å²) in [6.45, 7) is 5.11. The number of nitrogens with one attached hydrogen (secondary N) is 1. The van der Waals surface area contributed by atoms with Crippen molar-refractivity contribution in [2.45, 2.75) is 38.4 Å². The molecule has 1 N–H and O–H groups in total. The summed E-state index contributed by atoms with van der Waals surface area (Å²) in [5.41, 5.74) is 1.11. The van der Waals surface area contributed by atoms with Crippen molar-refractivity contribution >= 4 is 33.5 Å². The highest BCUT2D eigenvalue weighted by atomic mass is 79.9. The first-order valence-electron chi connectivity index (χ1n) is 6.18. The molecule has 5 heteroatoms. The SMILES string of the molecule is CCNc1nc(C2CCCS2)nc(CC)c1Br. The Morgan fingerprint density at radius 1 is 1.41 bits per heavy atom. The van der Waals surface area contributed by atoms with Gasteiger partial charge in [-0.05, 0) is 47.9 Å². The van der Waals surface area contributed by atoms with Crippen LogP contribution in [-0.2, 0) is 6.42 Å². The van der Waals surface area contributed by atoms with Crippen molar-refractivity contribution in [3.05, 3.63) is 16.0 Å². The van der Waals surface area contributed by atoms with Crippen LogP contribution in [0, 0.1) is 0 Å². The molecule has 1 aromatic heterocycles. The molecule has 1 atom stereocenters. The lowest BCUT2D eigenvalue weighted by Gasteiger charge is -2.14. The van der Waals surface area contributed by atoms with Crippen LogP contribution in [0.4, 0.5) is 5.82 Å². The van der Waals surface area contributed by atoms with Crippen LogP contribution in [0.5, 0.6) is 0 Å². The molecule has 1 saturated heterocycles. The number of nitrogens with zero attached hydrogens (tertiary/aromatic N) is 2. The van der Waals surface area contributed by atoms with Crippen LogP contribution >= 0.6 is 27.7 Å². The number of halogens is 1. The standard InChI is InChI=1S/C12H18BrN3S/c1-3-8-10(13)12(14-4-2)16-11(15-8)9-6-5-7-17-9/h9H,3-7H2,1-2H3,(H,14,15,16). The molecule has 1 aliphatic heterocycles. The molecule has 2 heterocycles. The minimum Gasteiger partial charge on any atom is -0.369 e. The maximum atomic E-state index is 4.70. The van der Waals surface area contributed by atoms with Gasteiger partial charge >= 0.3 is 0 Å². The van der Waals surface area contributed by atoms with Crippen molar-refractivity contribution in [2.75, 3.05) is 17.6 Å². The van der Waals surface area contributed by atoms with Crippen LogP contribution in [0.2, 0.25) is 0 Å². The third-order valence-corrected chi connectivity index (χ3v) is 5.04. The van der Waals surface area contributed by atoms with Crippen molar-refractivity contribution in [2.24, 2.45) is 0 Å². The van der Waals surface area contributed by atoms with E-state index in [1.54, 1.807) is 0 Å². The number of anilines is 1. The summed E-state index contributed by atoms with van der Waals surface area (Å²) >= 11 is 5.57. The van der Waals surface area contributed by atoms with Gasteiger partial charge in [0.25, 0.3) is 0 Å². The zero-order valence-electron chi connectivity index (χ0n) is 10.3. The Labute approximate surface area is 115 Å². The van der Waals surface area contributed by atoms with Gasteiger partial charge in [-0.1, -0.05) is 6.92 Å². The van der Waals surface area contributed by atoms with E-state index in [2.05, 4.69) is 40.1 Å². The molecule has 1 unspecified atom stereocenters. The Bertz CT molecular complexity index is 392. The van der Waals surface area contributed by atoms with Gasteiger partial charge < -0.3 is 5.32 Å². The maximum absolute atomic E-state index is 4.70. The van der Waals surface area contributed by atoms with E-state index in [4.69, 9.17) is 4.98 Å². The zero-order valence-corrected chi connectivity index (χ0v) is 12.7. The van der Waals surface area contributed by atoms with Gasteiger partial charge in [-0.15, -0.1) is 0 Å². The molecule has 0 bridgehead atoms. The second kappa shape index (κ2) is 6.05. The fourth-order valence-corrected chi connectivity index (χ4v) is 3.76. The minimum absolute atomic E-state index is 0.491. The summed E-state index contributed by atoms with van der Waals surface area (Å²) in [5, 5.41) is 3.80. The van der Waals surface area contributed by atoms with Gasteiger partial charge in [-0.25, -0.2) is 9.97 Å². The van der Waals surface area contributed by atoms with E-state index in [9.17, 15) is 0 Å². The van der Waals surface area contributed by atoms with Gasteiger partial charge in [0.15, 0.2) is 0 Å². The van der Waals surface area contributed by atoms with E-state index in [0.29, 0.717) is 5.25 Å². The molecule has 1 aromatic rings. The lowest BCUT2D eigenvalue weighted by Crippen LogP contribution is -2.09. The van der Waals surface area contributed by atoms with Gasteiger partial charge in [0, 0.05) is 6.54 Å². The molecule has 94 valence electrons. The van der Waals surface area contributed by atoms with Crippen LogP contribution in [0.15, 0.2) is 4.47 Å². The normalized spacial score (nSPS) is 19.6. The summed E-state index contributed by atoms with van der Waals surface area (Å²) in [4.78, 5) is 9.36. The van der Waals surface area contributed by atoms with Crippen LogP contribution in [0.1, 0.15) is 43.5 Å². The van der Waals surface area contributed by atoms with Crippen molar-refractivity contribution in [3.8, 4) is 0 Å². The summed E-state index contributed by atoms with van der Waals surface area (Å²) in [6.07, 6.45) is 3.43. The number of hydrogen-bond donors (Lipinski definition) is 1. The Morgan fingerprint density at radius 3 is 2.82 bits per heavy atom. The van der Waals surface area contributed by atoms with E-state index in [1.165, 1.54) is 18.6 Å². The van der Waals surface area contributed by atoms with Crippen LogP contribution in [-0.4, -0.2) is 22.3 Å². The lowest BCUT2D eigenvalue weighted by molar-refractivity contribution is 0.764. The van der Waals surface area contributed by atoms with Crippen molar-refractivity contribution in [1.82, 2.24) is 9.97 Å². The van der Waals surface area contributed by atoms with E-state index >= 15 is 0 Å². The first kappa shape index (κ1) is 13.1. The minimum atomic E-state index is 0.491. The molecule has 0 radical (unpaired) electrons. The van der Waals surface area contributed by atoms with Gasteiger partial charge in [-0.2, -0.15) is 11.8 Å². The fraction of sp³-hybridized carbons (Fsp3) is 0.667.